The normalized spacial score (nSPS) is 13.7. The average molecular weight is 777 g/mol. The van der Waals surface area contributed by atoms with Gasteiger partial charge in [0.1, 0.15) is 0 Å². The van der Waals surface area contributed by atoms with Gasteiger partial charge in [-0.2, -0.15) is 0 Å². The molecule has 288 valence electrons. The van der Waals surface area contributed by atoms with Gasteiger partial charge in [0.05, 0.1) is 12.0 Å². The molecule has 48 heavy (non-hydrogen) atoms. The lowest BCUT2D eigenvalue weighted by molar-refractivity contribution is -0.158. The van der Waals surface area contributed by atoms with Gasteiger partial charge in [-0.3, -0.25) is 4.79 Å². The average Bonchev–Trinajstić information content (AvgIpc) is 3.08. The summed E-state index contributed by atoms with van der Waals surface area (Å²) < 4.78 is 64.3. The van der Waals surface area contributed by atoms with Gasteiger partial charge in [0, 0.05) is 82.1 Å². The lowest BCUT2D eigenvalue weighted by Gasteiger charge is -2.35. The number of carbonyl (C=O) groups excluding carboxylic acids is 1. The zero-order chi connectivity index (χ0) is 37.0. The molecule has 0 rings (SSSR count). The van der Waals surface area contributed by atoms with Crippen LogP contribution in [0.25, 0.3) is 0 Å². The minimum atomic E-state index is -2.85. The molecule has 0 bridgehead atoms. The van der Waals surface area contributed by atoms with Crippen LogP contribution in [0, 0.1) is 5.41 Å². The third-order valence-electron chi connectivity index (χ3n) is 9.49. The van der Waals surface area contributed by atoms with Crippen molar-refractivity contribution in [2.75, 3.05) is 70.6 Å². The van der Waals surface area contributed by atoms with Gasteiger partial charge in [-0.05, 0) is 83.2 Å². The molecule has 0 aromatic heterocycles. The summed E-state index contributed by atoms with van der Waals surface area (Å²) in [6, 6.07) is 3.82. The van der Waals surface area contributed by atoms with Crippen molar-refractivity contribution in [3.8, 4) is 0 Å². The maximum absolute atomic E-state index is 14.3. The highest BCUT2D eigenvalue weighted by Gasteiger charge is 2.46. The molecular formula is C31H72O12Si5. The van der Waals surface area contributed by atoms with Gasteiger partial charge in [-0.1, -0.05) is 19.8 Å². The van der Waals surface area contributed by atoms with Crippen molar-refractivity contribution in [2.24, 2.45) is 5.41 Å². The van der Waals surface area contributed by atoms with Crippen LogP contribution in [-0.2, 0) is 53.5 Å². The lowest BCUT2D eigenvalue weighted by atomic mass is 9.75. The fraction of sp³-hybridized carbons (Fsp3) is 0.968. The fourth-order valence-electron chi connectivity index (χ4n) is 6.55. The number of hydrogen-bond acceptors (Lipinski definition) is 12. The van der Waals surface area contributed by atoms with E-state index in [0.29, 0.717) is 63.3 Å². The molecule has 0 fully saturated rings. The van der Waals surface area contributed by atoms with Crippen LogP contribution in [0.2, 0.25) is 56.4 Å². The van der Waals surface area contributed by atoms with Crippen LogP contribution in [-0.4, -0.2) is 120 Å². The summed E-state index contributed by atoms with van der Waals surface area (Å²) in [7, 11) is 2.28. The smallest absolute Gasteiger partial charge is 0.465 e. The first-order chi connectivity index (χ1) is 22.6. The fourth-order valence-corrected chi connectivity index (χ4v) is 20.7. The molecule has 0 aromatic rings. The molecule has 0 saturated carbocycles. The molecule has 0 saturated heterocycles. The minimum absolute atomic E-state index is 0.195. The first-order valence-electron chi connectivity index (χ1n) is 17.4. The van der Waals surface area contributed by atoms with Crippen molar-refractivity contribution in [3.05, 3.63) is 0 Å². The van der Waals surface area contributed by atoms with Crippen molar-refractivity contribution in [1.29, 1.82) is 0 Å². The zero-order valence-electron chi connectivity index (χ0n) is 33.0. The van der Waals surface area contributed by atoms with E-state index in [9.17, 15) is 4.79 Å². The molecule has 12 nitrogen and oxygen atoms in total. The molecule has 0 aliphatic heterocycles. The Kier molecular flexibility index (Phi) is 23.7. The second-order valence-corrected chi connectivity index (χ2v) is 31.8. The molecule has 0 atom stereocenters. The molecule has 0 spiro atoms. The third-order valence-corrected chi connectivity index (χ3v) is 25.5. The van der Waals surface area contributed by atoms with Gasteiger partial charge in [-0.25, -0.2) is 0 Å². The summed E-state index contributed by atoms with van der Waals surface area (Å²) in [5.41, 5.74) is -0.793. The summed E-state index contributed by atoms with van der Waals surface area (Å²) in [5.74, 6) is -0.195. The number of hydrogen-bond donors (Lipinski definition) is 0. The molecule has 0 heterocycles. The van der Waals surface area contributed by atoms with Crippen LogP contribution in [0.3, 0.4) is 0 Å². The van der Waals surface area contributed by atoms with E-state index in [4.69, 9.17) is 48.7 Å². The van der Waals surface area contributed by atoms with Gasteiger partial charge in [0.15, 0.2) is 16.6 Å². The maximum atomic E-state index is 14.3. The van der Waals surface area contributed by atoms with Crippen molar-refractivity contribution >= 4 is 49.0 Å². The second kappa shape index (κ2) is 23.7. The standard InChI is InChI=1S/C31H72O12Si5/c1-15-16-25-44(11,12)43-45(13,14)26-20-24-42-30(32)31(21-17-27-46(33-2,34-3)35-4,22-18-28-47(36-5,37-6)38-7)23-19-29-48(39-8,40-9)41-10/h15-29H2,1-14H3. The van der Waals surface area contributed by atoms with Crippen LogP contribution in [0.1, 0.15) is 64.7 Å². The van der Waals surface area contributed by atoms with Gasteiger partial charge in [0.2, 0.25) is 0 Å². The topological polar surface area (TPSA) is 119 Å². The van der Waals surface area contributed by atoms with Crippen LogP contribution in [0.4, 0.5) is 0 Å². The maximum Gasteiger partial charge on any atom is 0.500 e. The minimum Gasteiger partial charge on any atom is -0.465 e. The first-order valence-corrected chi connectivity index (χ1v) is 29.4. The van der Waals surface area contributed by atoms with Crippen molar-refractivity contribution in [2.45, 2.75) is 121 Å². The molecule has 17 heteroatoms. The van der Waals surface area contributed by atoms with E-state index >= 15 is 0 Å². The first kappa shape index (κ1) is 48.2. The number of ether oxygens (including phenoxy) is 1. The van der Waals surface area contributed by atoms with E-state index in [0.717, 1.165) is 12.5 Å². The Morgan fingerprint density at radius 1 is 0.479 bits per heavy atom. The molecule has 0 aliphatic carbocycles. The van der Waals surface area contributed by atoms with Gasteiger partial charge >= 0.3 is 32.4 Å². The Hall–Kier alpha value is 0.154. The Bertz CT molecular complexity index is 766. The van der Waals surface area contributed by atoms with Gasteiger partial charge in [-0.15, -0.1) is 0 Å². The van der Waals surface area contributed by atoms with E-state index < -0.39 is 48.5 Å². The molecule has 0 radical (unpaired) electrons. The number of rotatable bonds is 31. The molecule has 0 aromatic carbocycles. The molecule has 0 amide bonds. The summed E-state index contributed by atoms with van der Waals surface area (Å²) in [6.07, 6.45) is 6.84. The Morgan fingerprint density at radius 3 is 1.08 bits per heavy atom. The van der Waals surface area contributed by atoms with E-state index in [1.54, 1.807) is 64.0 Å². The summed E-state index contributed by atoms with van der Waals surface area (Å²) in [4.78, 5) is 14.3. The van der Waals surface area contributed by atoms with E-state index in [1.165, 1.54) is 18.9 Å². The van der Waals surface area contributed by atoms with E-state index in [2.05, 4.69) is 33.1 Å². The van der Waals surface area contributed by atoms with Crippen LogP contribution >= 0.6 is 0 Å². The highest BCUT2D eigenvalue weighted by atomic mass is 28.4. The van der Waals surface area contributed by atoms with Crippen molar-refractivity contribution < 1.29 is 53.5 Å². The Morgan fingerprint density at radius 2 is 0.792 bits per heavy atom. The van der Waals surface area contributed by atoms with Crippen LogP contribution in [0.5, 0.6) is 0 Å². The highest BCUT2D eigenvalue weighted by molar-refractivity contribution is 6.84. The number of unbranched alkanes of at least 4 members (excludes halogenated alkanes) is 1. The Balaban J connectivity index is 6.19. The van der Waals surface area contributed by atoms with Crippen molar-refractivity contribution in [3.63, 3.8) is 0 Å². The van der Waals surface area contributed by atoms with Gasteiger partial charge < -0.3 is 48.7 Å². The number of esters is 1. The van der Waals surface area contributed by atoms with Crippen LogP contribution < -0.4 is 0 Å². The summed E-state index contributed by atoms with van der Waals surface area (Å²) >= 11 is 0. The predicted molar refractivity (Wildman–Crippen MR) is 201 cm³/mol. The molecule has 0 aliphatic rings. The highest BCUT2D eigenvalue weighted by Crippen LogP contribution is 2.41. The number of carbonyl (C=O) groups is 1. The lowest BCUT2D eigenvalue weighted by Crippen LogP contribution is -2.45. The van der Waals surface area contributed by atoms with Gasteiger partial charge in [0.25, 0.3) is 0 Å². The molecule has 0 N–H and O–H groups in total. The van der Waals surface area contributed by atoms with E-state index in [1.807, 2.05) is 0 Å². The summed E-state index contributed by atoms with van der Waals surface area (Å²) in [5, 5.41) is 0. The summed E-state index contributed by atoms with van der Waals surface area (Å²) in [6.45, 7) is 11.8. The zero-order valence-corrected chi connectivity index (χ0v) is 38.0. The monoisotopic (exact) mass is 776 g/mol. The molecular weight excluding hydrogens is 705 g/mol. The van der Waals surface area contributed by atoms with E-state index in [-0.39, 0.29) is 5.97 Å². The predicted octanol–water partition coefficient (Wildman–Crippen LogP) is 7.11. The molecule has 0 unspecified atom stereocenters. The second-order valence-electron chi connectivity index (χ2n) is 13.7. The Labute approximate surface area is 298 Å². The van der Waals surface area contributed by atoms with Crippen molar-refractivity contribution in [1.82, 2.24) is 0 Å². The SMILES string of the molecule is CCCC[Si](C)(C)O[Si](C)(C)CCCOC(=O)C(CCC[Si](OC)(OC)OC)(CCC[Si](OC)(OC)OC)CCC[Si](OC)(OC)OC. The largest absolute Gasteiger partial charge is 0.500 e. The quantitative estimate of drug-likeness (QED) is 0.0406. The van der Waals surface area contributed by atoms with Crippen LogP contribution in [0.15, 0.2) is 0 Å². The third kappa shape index (κ3) is 16.2.